The number of anilines is 1. The van der Waals surface area contributed by atoms with Gasteiger partial charge in [-0.05, 0) is 20.8 Å². The van der Waals surface area contributed by atoms with Crippen molar-refractivity contribution in [3.63, 3.8) is 0 Å². The smallest absolute Gasteiger partial charge is 0.373 e. The van der Waals surface area contributed by atoms with Gasteiger partial charge in [-0.3, -0.25) is 20.2 Å². The van der Waals surface area contributed by atoms with Crippen LogP contribution in [-0.2, 0) is 6.18 Å². The topological polar surface area (TPSA) is 127 Å². The molecule has 1 aromatic heterocycles. The van der Waals surface area contributed by atoms with E-state index in [1.54, 1.807) is 20.8 Å². The molecule has 0 atom stereocenters. The van der Waals surface area contributed by atoms with Crippen molar-refractivity contribution in [1.82, 2.24) is 9.97 Å². The molecular formula is C12H12F3N5O4. The maximum atomic E-state index is 12.9. The van der Waals surface area contributed by atoms with Crippen LogP contribution in [0.15, 0.2) is 6.07 Å². The van der Waals surface area contributed by atoms with Crippen LogP contribution >= 0.6 is 0 Å². The van der Waals surface area contributed by atoms with E-state index in [9.17, 15) is 33.4 Å². The fraction of sp³-hybridized carbons (Fsp3) is 0.417. The quantitative estimate of drug-likeness (QED) is 0.645. The number of alkyl halides is 3. The predicted molar refractivity (Wildman–Crippen MR) is 77.8 cm³/mol. The third kappa shape index (κ3) is 3.21. The van der Waals surface area contributed by atoms with Crippen LogP contribution in [0.2, 0.25) is 0 Å². The first-order valence-corrected chi connectivity index (χ1v) is 6.52. The number of nitrogens with one attached hydrogen (secondary N) is 2. The van der Waals surface area contributed by atoms with Gasteiger partial charge in [0.15, 0.2) is 0 Å². The molecule has 0 radical (unpaired) electrons. The number of aromatic nitrogens is 2. The van der Waals surface area contributed by atoms with Crippen molar-refractivity contribution in [3.8, 4) is 0 Å². The highest BCUT2D eigenvalue weighted by Crippen LogP contribution is 2.41. The van der Waals surface area contributed by atoms with E-state index >= 15 is 0 Å². The molecule has 2 rings (SSSR count). The number of aromatic amines is 1. The lowest BCUT2D eigenvalue weighted by atomic mass is 10.1. The first-order valence-electron chi connectivity index (χ1n) is 6.52. The number of nitro groups is 2. The molecule has 0 bridgehead atoms. The zero-order chi connectivity index (χ0) is 18.4. The molecule has 0 aliphatic rings. The highest BCUT2D eigenvalue weighted by Gasteiger charge is 2.38. The van der Waals surface area contributed by atoms with Crippen LogP contribution in [0.5, 0.6) is 0 Å². The molecule has 1 aromatic carbocycles. The summed E-state index contributed by atoms with van der Waals surface area (Å²) in [6.45, 7) is 4.88. The van der Waals surface area contributed by atoms with Crippen molar-refractivity contribution in [3.05, 3.63) is 32.1 Å². The van der Waals surface area contributed by atoms with Gasteiger partial charge in [-0.1, -0.05) is 0 Å². The number of hydrogen-bond acceptors (Lipinski definition) is 6. The molecule has 12 heteroatoms. The fourth-order valence-corrected chi connectivity index (χ4v) is 2.06. The molecule has 2 N–H and O–H groups in total. The largest absolute Gasteiger partial charge is 0.449 e. The van der Waals surface area contributed by atoms with E-state index in [1.807, 2.05) is 4.98 Å². The Hall–Kier alpha value is -2.92. The van der Waals surface area contributed by atoms with Crippen molar-refractivity contribution < 1.29 is 23.0 Å². The minimum Gasteiger partial charge on any atom is -0.373 e. The standard InChI is InChI=1S/C12H12F3N5O4/c1-11(2,3)18-8-6(20(23)24)4-5(19(21)22)7-9(8)17-10(16-7)12(13,14)15/h4,18H,1-3H3,(H,16,17). The van der Waals surface area contributed by atoms with Gasteiger partial charge in [0.2, 0.25) is 5.82 Å². The van der Waals surface area contributed by atoms with Gasteiger partial charge in [0.1, 0.15) is 16.7 Å². The second kappa shape index (κ2) is 5.32. The minimum atomic E-state index is -4.89. The summed E-state index contributed by atoms with van der Waals surface area (Å²) in [6, 6.07) is 0.606. The van der Waals surface area contributed by atoms with Crippen LogP contribution in [0.25, 0.3) is 11.0 Å². The summed E-state index contributed by atoms with van der Waals surface area (Å²) in [5.41, 5.74) is -3.73. The van der Waals surface area contributed by atoms with Crippen molar-refractivity contribution in [2.75, 3.05) is 5.32 Å². The number of benzene rings is 1. The predicted octanol–water partition coefficient (Wildman–Crippen LogP) is 3.61. The molecule has 2 aromatic rings. The summed E-state index contributed by atoms with van der Waals surface area (Å²) < 4.78 is 38.6. The Morgan fingerprint density at radius 2 is 1.67 bits per heavy atom. The molecule has 0 amide bonds. The summed E-state index contributed by atoms with van der Waals surface area (Å²) in [6.07, 6.45) is -4.89. The lowest BCUT2D eigenvalue weighted by Gasteiger charge is -2.22. The van der Waals surface area contributed by atoms with Gasteiger partial charge in [0, 0.05) is 5.54 Å². The highest BCUT2D eigenvalue weighted by atomic mass is 19.4. The molecule has 0 fully saturated rings. The molecule has 0 saturated heterocycles. The number of imidazole rings is 1. The van der Waals surface area contributed by atoms with E-state index in [4.69, 9.17) is 0 Å². The normalized spacial score (nSPS) is 12.4. The summed E-state index contributed by atoms with van der Waals surface area (Å²) in [7, 11) is 0. The molecule has 1 heterocycles. The molecule has 0 unspecified atom stereocenters. The molecule has 24 heavy (non-hydrogen) atoms. The summed E-state index contributed by atoms with van der Waals surface area (Å²) in [5.74, 6) is -1.47. The van der Waals surface area contributed by atoms with Gasteiger partial charge in [-0.25, -0.2) is 4.98 Å². The van der Waals surface area contributed by atoms with Gasteiger partial charge in [-0.15, -0.1) is 0 Å². The number of fused-ring (bicyclic) bond motifs is 1. The van der Waals surface area contributed by atoms with Crippen molar-refractivity contribution in [2.45, 2.75) is 32.5 Å². The van der Waals surface area contributed by atoms with Gasteiger partial charge in [0.05, 0.1) is 15.9 Å². The Kier molecular flexibility index (Phi) is 3.86. The van der Waals surface area contributed by atoms with Crippen molar-refractivity contribution >= 4 is 28.1 Å². The number of rotatable bonds is 3. The molecule has 0 saturated carbocycles. The SMILES string of the molecule is CC(C)(C)Nc1c([N+](=O)[O-])cc([N+](=O)[O-])c2[nH]c(C(F)(F)F)nc12. The lowest BCUT2D eigenvalue weighted by molar-refractivity contribution is -0.392. The lowest BCUT2D eigenvalue weighted by Crippen LogP contribution is -2.26. The third-order valence-corrected chi connectivity index (χ3v) is 2.89. The van der Waals surface area contributed by atoms with E-state index in [-0.39, 0.29) is 5.69 Å². The summed E-state index contributed by atoms with van der Waals surface area (Å²) in [4.78, 5) is 25.5. The number of hydrogen-bond donors (Lipinski definition) is 2. The number of halogens is 3. The first-order chi connectivity index (χ1) is 10.8. The van der Waals surface area contributed by atoms with Crippen LogP contribution in [0.3, 0.4) is 0 Å². The number of non-ortho nitro benzene ring substituents is 1. The monoisotopic (exact) mass is 347 g/mol. The van der Waals surface area contributed by atoms with E-state index in [0.29, 0.717) is 6.07 Å². The highest BCUT2D eigenvalue weighted by molar-refractivity contribution is 5.99. The van der Waals surface area contributed by atoms with Gasteiger partial charge >= 0.3 is 17.6 Å². The fourth-order valence-electron chi connectivity index (χ4n) is 2.06. The number of H-pyrrole nitrogens is 1. The van der Waals surface area contributed by atoms with Crippen molar-refractivity contribution in [1.29, 1.82) is 0 Å². The van der Waals surface area contributed by atoms with Crippen LogP contribution in [0, 0.1) is 20.2 Å². The van der Waals surface area contributed by atoms with Gasteiger partial charge < -0.3 is 10.3 Å². The van der Waals surface area contributed by atoms with E-state index < -0.39 is 49.8 Å². The average Bonchev–Trinajstić information content (AvgIpc) is 2.81. The van der Waals surface area contributed by atoms with E-state index in [0.717, 1.165) is 0 Å². The second-order valence-electron chi connectivity index (χ2n) is 5.99. The third-order valence-electron chi connectivity index (χ3n) is 2.89. The molecule has 130 valence electrons. The van der Waals surface area contributed by atoms with Gasteiger partial charge in [0.25, 0.3) is 0 Å². The Balaban J connectivity index is 2.92. The number of nitro benzene ring substituents is 2. The van der Waals surface area contributed by atoms with Crippen LogP contribution in [0.4, 0.5) is 30.2 Å². The summed E-state index contributed by atoms with van der Waals surface area (Å²) >= 11 is 0. The Morgan fingerprint density at radius 1 is 1.12 bits per heavy atom. The van der Waals surface area contributed by atoms with E-state index in [2.05, 4.69) is 10.3 Å². The maximum Gasteiger partial charge on any atom is 0.449 e. The molecule has 0 aliphatic carbocycles. The molecule has 0 spiro atoms. The molecule has 9 nitrogen and oxygen atoms in total. The van der Waals surface area contributed by atoms with Crippen LogP contribution < -0.4 is 5.32 Å². The first kappa shape index (κ1) is 17.4. The van der Waals surface area contributed by atoms with E-state index in [1.165, 1.54) is 0 Å². The summed E-state index contributed by atoms with van der Waals surface area (Å²) in [5, 5.41) is 25.0. The second-order valence-corrected chi connectivity index (χ2v) is 5.99. The van der Waals surface area contributed by atoms with Crippen molar-refractivity contribution in [2.24, 2.45) is 0 Å². The number of nitrogens with zero attached hydrogens (tertiary/aromatic N) is 3. The van der Waals surface area contributed by atoms with Crippen LogP contribution in [-0.4, -0.2) is 25.4 Å². The maximum absolute atomic E-state index is 12.9. The zero-order valence-electron chi connectivity index (χ0n) is 12.7. The average molecular weight is 347 g/mol. The Labute approximate surface area is 132 Å². The Bertz CT molecular complexity index is 838. The van der Waals surface area contributed by atoms with Crippen LogP contribution in [0.1, 0.15) is 26.6 Å². The minimum absolute atomic E-state index is 0.320. The molecule has 0 aliphatic heterocycles. The molecular weight excluding hydrogens is 335 g/mol. The zero-order valence-corrected chi connectivity index (χ0v) is 12.7. The van der Waals surface area contributed by atoms with Gasteiger partial charge in [-0.2, -0.15) is 13.2 Å². The Morgan fingerprint density at radius 3 is 2.08 bits per heavy atom.